The highest BCUT2D eigenvalue weighted by molar-refractivity contribution is 5.99. The minimum atomic E-state index is 0.358. The van der Waals surface area contributed by atoms with E-state index < -0.39 is 0 Å². The van der Waals surface area contributed by atoms with E-state index in [9.17, 15) is 0 Å². The van der Waals surface area contributed by atoms with E-state index in [-0.39, 0.29) is 0 Å². The summed E-state index contributed by atoms with van der Waals surface area (Å²) in [5.41, 5.74) is 3.98. The SMILES string of the molecule is COc1cc(-c2nncn2C)ccc1Nc1nc(NC2CCCCC2)c2c(-c3cnn(C)c3)[nH]nc2n1. The summed E-state index contributed by atoms with van der Waals surface area (Å²) in [7, 11) is 5.43. The second kappa shape index (κ2) is 9.52. The minimum Gasteiger partial charge on any atom is -0.495 e. The molecule has 0 atom stereocenters. The van der Waals surface area contributed by atoms with Crippen LogP contribution in [0, 0.1) is 0 Å². The Morgan fingerprint density at radius 1 is 1.08 bits per heavy atom. The van der Waals surface area contributed by atoms with E-state index in [0.29, 0.717) is 23.4 Å². The summed E-state index contributed by atoms with van der Waals surface area (Å²) in [4.78, 5) is 9.64. The summed E-state index contributed by atoms with van der Waals surface area (Å²) in [6, 6.07) is 6.16. The van der Waals surface area contributed by atoms with Crippen molar-refractivity contribution in [2.45, 2.75) is 38.1 Å². The van der Waals surface area contributed by atoms with Crippen molar-refractivity contribution >= 4 is 28.5 Å². The fourth-order valence-corrected chi connectivity index (χ4v) is 4.88. The number of nitrogens with zero attached hydrogens (tertiary/aromatic N) is 8. The number of aromatic amines is 1. The number of methoxy groups -OCH3 is 1. The molecule has 3 N–H and O–H groups in total. The number of aryl methyl sites for hydroxylation is 2. The second-order valence-electron chi connectivity index (χ2n) is 9.38. The summed E-state index contributed by atoms with van der Waals surface area (Å²) >= 11 is 0. The topological polar surface area (TPSA) is 136 Å². The van der Waals surface area contributed by atoms with Gasteiger partial charge in [-0.1, -0.05) is 19.3 Å². The Morgan fingerprint density at radius 2 is 1.95 bits per heavy atom. The fourth-order valence-electron chi connectivity index (χ4n) is 4.88. The third-order valence-corrected chi connectivity index (χ3v) is 6.77. The minimum absolute atomic E-state index is 0.358. The molecule has 37 heavy (non-hydrogen) atoms. The van der Waals surface area contributed by atoms with Gasteiger partial charge in [-0.15, -0.1) is 10.2 Å². The van der Waals surface area contributed by atoms with E-state index in [1.807, 2.05) is 49.3 Å². The number of ether oxygens (including phenoxy) is 1. The number of anilines is 3. The van der Waals surface area contributed by atoms with Crippen LogP contribution >= 0.6 is 0 Å². The highest BCUT2D eigenvalue weighted by atomic mass is 16.5. The summed E-state index contributed by atoms with van der Waals surface area (Å²) in [6.07, 6.45) is 11.4. The number of benzene rings is 1. The van der Waals surface area contributed by atoms with Gasteiger partial charge in [0.05, 0.1) is 30.1 Å². The van der Waals surface area contributed by atoms with Gasteiger partial charge in [0.2, 0.25) is 5.95 Å². The van der Waals surface area contributed by atoms with Crippen LogP contribution < -0.4 is 15.4 Å². The first-order chi connectivity index (χ1) is 18.1. The van der Waals surface area contributed by atoms with Crippen LogP contribution in [0.5, 0.6) is 5.75 Å². The zero-order chi connectivity index (χ0) is 25.4. The number of aromatic nitrogens is 9. The number of fused-ring (bicyclic) bond motifs is 1. The molecular weight excluding hydrogens is 470 g/mol. The van der Waals surface area contributed by atoms with E-state index in [4.69, 9.17) is 14.7 Å². The maximum Gasteiger partial charge on any atom is 0.231 e. The Bertz CT molecular complexity index is 1540. The maximum absolute atomic E-state index is 5.68. The molecule has 0 amide bonds. The lowest BCUT2D eigenvalue weighted by Crippen LogP contribution is -2.23. The van der Waals surface area contributed by atoms with Crippen molar-refractivity contribution in [3.8, 4) is 28.4 Å². The van der Waals surface area contributed by atoms with Crippen LogP contribution in [-0.4, -0.2) is 57.9 Å². The molecule has 0 aliphatic heterocycles. The standard InChI is InChI=1S/C25H29N11O/c1-35-14-26-34-24(35)15-9-10-18(19(11-15)37-3)29-25-30-22(28-17-7-5-4-6-8-17)20-21(32-33-23(20)31-25)16-12-27-36(2)13-16/h9-14,17H,4-8H2,1-3H3,(H3,28,29,30,31,32,33). The van der Waals surface area contributed by atoms with Gasteiger partial charge in [-0.05, 0) is 31.0 Å². The normalized spacial score (nSPS) is 14.2. The van der Waals surface area contributed by atoms with Gasteiger partial charge in [0, 0.05) is 37.5 Å². The predicted molar refractivity (Wildman–Crippen MR) is 141 cm³/mol. The summed E-state index contributed by atoms with van der Waals surface area (Å²) < 4.78 is 9.31. The molecular formula is C25H29N11O. The molecule has 0 bridgehead atoms. The largest absolute Gasteiger partial charge is 0.495 e. The van der Waals surface area contributed by atoms with Gasteiger partial charge in [-0.25, -0.2) is 0 Å². The Balaban J connectivity index is 1.39. The number of H-pyrrole nitrogens is 1. The average molecular weight is 500 g/mol. The van der Waals surface area contributed by atoms with E-state index >= 15 is 0 Å². The molecule has 0 spiro atoms. The van der Waals surface area contributed by atoms with Gasteiger partial charge in [0.25, 0.3) is 0 Å². The van der Waals surface area contributed by atoms with Crippen LogP contribution in [0.3, 0.4) is 0 Å². The van der Waals surface area contributed by atoms with E-state index in [0.717, 1.165) is 52.4 Å². The molecule has 1 fully saturated rings. The van der Waals surface area contributed by atoms with Crippen LogP contribution in [0.1, 0.15) is 32.1 Å². The summed E-state index contributed by atoms with van der Waals surface area (Å²) in [6.45, 7) is 0. The van der Waals surface area contributed by atoms with Crippen LogP contribution in [0.25, 0.3) is 33.7 Å². The lowest BCUT2D eigenvalue weighted by atomic mass is 9.95. The molecule has 1 aliphatic carbocycles. The predicted octanol–water partition coefficient (Wildman–Crippen LogP) is 4.05. The smallest absolute Gasteiger partial charge is 0.231 e. The van der Waals surface area contributed by atoms with Crippen LogP contribution in [0.2, 0.25) is 0 Å². The molecule has 1 aliphatic rings. The van der Waals surface area contributed by atoms with Crippen LogP contribution in [0.15, 0.2) is 36.9 Å². The van der Waals surface area contributed by atoms with Gasteiger partial charge in [0.1, 0.15) is 17.9 Å². The van der Waals surface area contributed by atoms with Crippen molar-refractivity contribution in [3.63, 3.8) is 0 Å². The maximum atomic E-state index is 5.68. The summed E-state index contributed by atoms with van der Waals surface area (Å²) in [5.74, 6) is 2.58. The first-order valence-electron chi connectivity index (χ1n) is 12.4. The third-order valence-electron chi connectivity index (χ3n) is 6.77. The van der Waals surface area contributed by atoms with Crippen molar-refractivity contribution in [1.29, 1.82) is 0 Å². The molecule has 0 unspecified atom stereocenters. The zero-order valence-corrected chi connectivity index (χ0v) is 21.1. The van der Waals surface area contributed by atoms with Crippen molar-refractivity contribution in [1.82, 2.24) is 44.7 Å². The third kappa shape index (κ3) is 4.46. The van der Waals surface area contributed by atoms with Crippen molar-refractivity contribution < 1.29 is 4.74 Å². The van der Waals surface area contributed by atoms with Crippen LogP contribution in [0.4, 0.5) is 17.5 Å². The quantitative estimate of drug-likeness (QED) is 0.303. The van der Waals surface area contributed by atoms with Gasteiger partial charge in [-0.3, -0.25) is 9.78 Å². The Labute approximate surface area is 213 Å². The molecule has 4 aromatic heterocycles. The van der Waals surface area contributed by atoms with Gasteiger partial charge < -0.3 is 19.9 Å². The molecule has 1 aromatic carbocycles. The highest BCUT2D eigenvalue weighted by Gasteiger charge is 2.22. The zero-order valence-electron chi connectivity index (χ0n) is 21.1. The first-order valence-corrected chi connectivity index (χ1v) is 12.4. The lowest BCUT2D eigenvalue weighted by Gasteiger charge is -2.24. The average Bonchev–Trinajstić information content (AvgIpc) is 3.64. The monoisotopic (exact) mass is 499 g/mol. The van der Waals surface area contributed by atoms with Crippen molar-refractivity contribution in [3.05, 3.63) is 36.9 Å². The molecule has 6 rings (SSSR count). The van der Waals surface area contributed by atoms with Gasteiger partial charge >= 0.3 is 0 Å². The highest BCUT2D eigenvalue weighted by Crippen LogP contribution is 2.35. The van der Waals surface area contributed by atoms with Crippen LogP contribution in [-0.2, 0) is 14.1 Å². The molecule has 4 heterocycles. The molecule has 12 nitrogen and oxygen atoms in total. The number of nitrogens with one attached hydrogen (secondary N) is 3. The lowest BCUT2D eigenvalue weighted by molar-refractivity contribution is 0.417. The van der Waals surface area contributed by atoms with Crippen molar-refractivity contribution in [2.75, 3.05) is 17.7 Å². The Kier molecular flexibility index (Phi) is 5.91. The van der Waals surface area contributed by atoms with Gasteiger partial charge in [-0.2, -0.15) is 20.2 Å². The fraction of sp³-hybridized carbons (Fsp3) is 0.360. The number of hydrogen-bond donors (Lipinski definition) is 3. The molecule has 0 saturated heterocycles. The second-order valence-corrected chi connectivity index (χ2v) is 9.38. The van der Waals surface area contributed by atoms with Gasteiger partial charge in [0.15, 0.2) is 11.5 Å². The van der Waals surface area contributed by atoms with E-state index in [2.05, 4.69) is 36.1 Å². The molecule has 0 radical (unpaired) electrons. The molecule has 1 saturated carbocycles. The van der Waals surface area contributed by atoms with Crippen molar-refractivity contribution in [2.24, 2.45) is 14.1 Å². The Hall–Kier alpha value is -4.48. The Morgan fingerprint density at radius 3 is 2.68 bits per heavy atom. The first kappa shape index (κ1) is 23.0. The number of hydrogen-bond acceptors (Lipinski definition) is 9. The van der Waals surface area contributed by atoms with E-state index in [1.165, 1.54) is 19.3 Å². The number of rotatable bonds is 7. The molecule has 12 heteroatoms. The molecule has 5 aromatic rings. The van der Waals surface area contributed by atoms with E-state index in [1.54, 1.807) is 18.1 Å². The summed E-state index contributed by atoms with van der Waals surface area (Å²) in [5, 5.41) is 28.0. The molecule has 190 valence electrons.